The number of benzene rings is 2. The number of hydrogen-bond donors (Lipinski definition) is 2. The number of hydrogen-bond acceptors (Lipinski definition) is 4. The molecule has 0 unspecified atom stereocenters. The van der Waals surface area contributed by atoms with E-state index < -0.39 is 0 Å². The summed E-state index contributed by atoms with van der Waals surface area (Å²) in [4.78, 5) is 22.8. The van der Waals surface area contributed by atoms with Crippen molar-refractivity contribution in [2.24, 2.45) is 0 Å². The van der Waals surface area contributed by atoms with Crippen LogP contribution in [0.1, 0.15) is 42.5 Å². The van der Waals surface area contributed by atoms with Gasteiger partial charge in [-0.15, -0.1) is 0 Å². The minimum absolute atomic E-state index is 0.168. The molecule has 1 fully saturated rings. The fourth-order valence-corrected chi connectivity index (χ4v) is 4.23. The van der Waals surface area contributed by atoms with E-state index in [1.54, 1.807) is 0 Å². The summed E-state index contributed by atoms with van der Waals surface area (Å²) >= 11 is 0. The van der Waals surface area contributed by atoms with Crippen LogP contribution in [-0.4, -0.2) is 26.5 Å². The molecular formula is C23H23N5O. The van der Waals surface area contributed by atoms with E-state index in [0.717, 1.165) is 42.4 Å². The molecule has 0 aliphatic heterocycles. The van der Waals surface area contributed by atoms with Crippen molar-refractivity contribution in [1.82, 2.24) is 19.9 Å². The molecule has 0 bridgehead atoms. The molecule has 6 heteroatoms. The number of carbonyl (C=O) groups excluding carboxylic acids is 1. The number of carbonyl (C=O) groups is 1. The van der Waals surface area contributed by atoms with Crippen LogP contribution in [0.25, 0.3) is 27.9 Å². The fourth-order valence-electron chi connectivity index (χ4n) is 4.23. The number of anilines is 1. The van der Waals surface area contributed by atoms with Crippen LogP contribution < -0.4 is 11.1 Å². The molecule has 0 radical (unpaired) electrons. The number of para-hydroxylation sites is 3. The Morgan fingerprint density at radius 2 is 1.59 bits per heavy atom. The average Bonchev–Trinajstić information content (AvgIpc) is 3.04. The van der Waals surface area contributed by atoms with Gasteiger partial charge >= 0.3 is 0 Å². The lowest BCUT2D eigenvalue weighted by molar-refractivity contribution is 0.0930. The van der Waals surface area contributed by atoms with Crippen LogP contribution >= 0.6 is 0 Å². The number of nitrogens with zero attached hydrogens (tertiary/aromatic N) is 3. The van der Waals surface area contributed by atoms with Gasteiger partial charge in [-0.1, -0.05) is 49.6 Å². The van der Waals surface area contributed by atoms with Crippen LogP contribution in [0, 0.1) is 0 Å². The van der Waals surface area contributed by atoms with Gasteiger partial charge < -0.3 is 11.1 Å². The molecule has 0 saturated heterocycles. The van der Waals surface area contributed by atoms with Crippen molar-refractivity contribution >= 4 is 33.9 Å². The second-order valence-corrected chi connectivity index (χ2v) is 7.62. The highest BCUT2D eigenvalue weighted by atomic mass is 16.1. The van der Waals surface area contributed by atoms with Gasteiger partial charge in [0.15, 0.2) is 5.65 Å². The molecule has 6 nitrogen and oxygen atoms in total. The standard InChI is InChI=1S/C23H23N5O/c24-21-19(23(29)25-15-9-3-1-4-10-15)20-22(28(21)16-11-5-2-6-12-16)27-18-14-8-7-13-17(18)26-20/h2,5-8,11-15H,1,3-4,9-10,24H2,(H,25,29). The van der Waals surface area contributed by atoms with Gasteiger partial charge in [-0.3, -0.25) is 9.36 Å². The first-order chi connectivity index (χ1) is 14.2. The van der Waals surface area contributed by atoms with Gasteiger partial charge in [-0.05, 0) is 37.1 Å². The third-order valence-corrected chi connectivity index (χ3v) is 5.68. The number of fused-ring (bicyclic) bond motifs is 2. The Kier molecular flexibility index (Phi) is 4.39. The summed E-state index contributed by atoms with van der Waals surface area (Å²) in [6, 6.07) is 17.6. The molecule has 1 aliphatic carbocycles. The Morgan fingerprint density at radius 1 is 0.931 bits per heavy atom. The van der Waals surface area contributed by atoms with Gasteiger partial charge in [0.2, 0.25) is 0 Å². The number of nitrogens with one attached hydrogen (secondary N) is 1. The lowest BCUT2D eigenvalue weighted by Crippen LogP contribution is -2.36. The molecule has 1 aliphatic rings. The predicted molar refractivity (Wildman–Crippen MR) is 115 cm³/mol. The van der Waals surface area contributed by atoms with E-state index in [2.05, 4.69) is 5.32 Å². The number of nitrogens with two attached hydrogens (primary N) is 1. The van der Waals surface area contributed by atoms with Crippen molar-refractivity contribution in [3.8, 4) is 5.69 Å². The summed E-state index contributed by atoms with van der Waals surface area (Å²) in [6.07, 6.45) is 5.56. The minimum atomic E-state index is -0.168. The van der Waals surface area contributed by atoms with Gasteiger partial charge in [-0.25, -0.2) is 9.97 Å². The Hall–Kier alpha value is -3.41. The normalized spacial score (nSPS) is 15.0. The zero-order valence-electron chi connectivity index (χ0n) is 16.1. The maximum atomic E-state index is 13.3. The summed E-state index contributed by atoms with van der Waals surface area (Å²) in [5, 5.41) is 3.18. The summed E-state index contributed by atoms with van der Waals surface area (Å²) in [7, 11) is 0. The molecular weight excluding hydrogens is 362 g/mol. The van der Waals surface area contributed by atoms with Crippen molar-refractivity contribution in [2.75, 3.05) is 5.73 Å². The molecule has 3 N–H and O–H groups in total. The molecule has 2 aromatic carbocycles. The zero-order valence-corrected chi connectivity index (χ0v) is 16.1. The van der Waals surface area contributed by atoms with E-state index in [4.69, 9.17) is 15.7 Å². The highest BCUT2D eigenvalue weighted by Gasteiger charge is 2.26. The van der Waals surface area contributed by atoms with Crippen LogP contribution in [0.2, 0.25) is 0 Å². The highest BCUT2D eigenvalue weighted by Crippen LogP contribution is 2.31. The van der Waals surface area contributed by atoms with E-state index in [1.165, 1.54) is 6.42 Å². The number of aromatic nitrogens is 3. The van der Waals surface area contributed by atoms with E-state index in [-0.39, 0.29) is 11.9 Å². The maximum Gasteiger partial charge on any atom is 0.257 e. The third kappa shape index (κ3) is 3.10. The summed E-state index contributed by atoms with van der Waals surface area (Å²) < 4.78 is 1.82. The molecule has 2 heterocycles. The first kappa shape index (κ1) is 17.7. The molecule has 2 aromatic heterocycles. The smallest absolute Gasteiger partial charge is 0.257 e. The van der Waals surface area contributed by atoms with Crippen molar-refractivity contribution in [3.05, 3.63) is 60.2 Å². The van der Waals surface area contributed by atoms with E-state index in [9.17, 15) is 4.79 Å². The van der Waals surface area contributed by atoms with Gasteiger partial charge in [0.1, 0.15) is 16.9 Å². The van der Waals surface area contributed by atoms with Crippen LogP contribution in [0.4, 0.5) is 5.82 Å². The van der Waals surface area contributed by atoms with Crippen molar-refractivity contribution in [2.45, 2.75) is 38.1 Å². The Morgan fingerprint density at radius 3 is 2.31 bits per heavy atom. The first-order valence-corrected chi connectivity index (χ1v) is 10.2. The molecule has 1 amide bonds. The van der Waals surface area contributed by atoms with Crippen LogP contribution in [-0.2, 0) is 0 Å². The highest BCUT2D eigenvalue weighted by molar-refractivity contribution is 6.11. The number of nitrogen functional groups attached to an aromatic ring is 1. The molecule has 146 valence electrons. The first-order valence-electron chi connectivity index (χ1n) is 10.2. The van der Waals surface area contributed by atoms with Gasteiger partial charge in [0, 0.05) is 11.7 Å². The Bertz CT molecular complexity index is 1190. The molecule has 1 saturated carbocycles. The second kappa shape index (κ2) is 7.20. The minimum Gasteiger partial charge on any atom is -0.384 e. The second-order valence-electron chi connectivity index (χ2n) is 7.62. The van der Waals surface area contributed by atoms with E-state index in [1.807, 2.05) is 59.2 Å². The van der Waals surface area contributed by atoms with E-state index >= 15 is 0 Å². The molecule has 0 spiro atoms. The van der Waals surface area contributed by atoms with Crippen molar-refractivity contribution in [3.63, 3.8) is 0 Å². The third-order valence-electron chi connectivity index (χ3n) is 5.68. The van der Waals surface area contributed by atoms with Gasteiger partial charge in [-0.2, -0.15) is 0 Å². The average molecular weight is 385 g/mol. The Balaban J connectivity index is 1.71. The SMILES string of the molecule is Nc1c(C(=O)NC2CCCCC2)c2nc3ccccc3nc2n1-c1ccccc1. The van der Waals surface area contributed by atoms with Gasteiger partial charge in [0.25, 0.3) is 5.91 Å². The van der Waals surface area contributed by atoms with Crippen molar-refractivity contribution < 1.29 is 4.79 Å². The largest absolute Gasteiger partial charge is 0.384 e. The molecule has 29 heavy (non-hydrogen) atoms. The lowest BCUT2D eigenvalue weighted by Gasteiger charge is -2.22. The van der Waals surface area contributed by atoms with Crippen LogP contribution in [0.15, 0.2) is 54.6 Å². The lowest BCUT2D eigenvalue weighted by atomic mass is 9.95. The van der Waals surface area contributed by atoms with Crippen LogP contribution in [0.5, 0.6) is 0 Å². The predicted octanol–water partition coefficient (Wildman–Crippen LogP) is 4.22. The van der Waals surface area contributed by atoms with Crippen molar-refractivity contribution in [1.29, 1.82) is 0 Å². The van der Waals surface area contributed by atoms with Crippen LogP contribution in [0.3, 0.4) is 0 Å². The monoisotopic (exact) mass is 385 g/mol. The topological polar surface area (TPSA) is 85.8 Å². The number of rotatable bonds is 3. The molecule has 0 atom stereocenters. The van der Waals surface area contributed by atoms with E-state index in [0.29, 0.717) is 22.5 Å². The Labute approximate surface area is 168 Å². The fraction of sp³-hybridized carbons (Fsp3) is 0.261. The summed E-state index contributed by atoms with van der Waals surface area (Å²) in [6.45, 7) is 0. The summed E-state index contributed by atoms with van der Waals surface area (Å²) in [5.74, 6) is 0.202. The summed E-state index contributed by atoms with van der Waals surface area (Å²) in [5.41, 5.74) is 10.5. The molecule has 4 aromatic rings. The zero-order chi connectivity index (χ0) is 19.8. The molecule has 5 rings (SSSR count). The maximum absolute atomic E-state index is 13.3. The van der Waals surface area contributed by atoms with Gasteiger partial charge in [0.05, 0.1) is 11.0 Å². The number of amides is 1. The quantitative estimate of drug-likeness (QED) is 0.553.